The lowest BCUT2D eigenvalue weighted by molar-refractivity contribution is 0.326. The Bertz CT molecular complexity index is 315. The molecule has 0 spiro atoms. The Morgan fingerprint density at radius 2 is 2.12 bits per heavy atom. The van der Waals surface area contributed by atoms with Crippen molar-refractivity contribution in [3.05, 3.63) is 12.3 Å². The summed E-state index contributed by atoms with van der Waals surface area (Å²) in [6.07, 6.45) is 2.77. The van der Waals surface area contributed by atoms with E-state index in [4.69, 9.17) is 4.74 Å². The minimum atomic E-state index is 0.400. The second-order valence-electron chi connectivity index (χ2n) is 4.05. The van der Waals surface area contributed by atoms with Crippen molar-refractivity contribution in [2.45, 2.75) is 40.2 Å². The molecule has 90 valence electrons. The van der Waals surface area contributed by atoms with E-state index in [0.29, 0.717) is 30.4 Å². The van der Waals surface area contributed by atoms with Gasteiger partial charge in [0.1, 0.15) is 0 Å². The van der Waals surface area contributed by atoms with E-state index in [9.17, 15) is 0 Å². The fourth-order valence-corrected chi connectivity index (χ4v) is 1.55. The smallest absolute Gasteiger partial charge is 0.226 e. The van der Waals surface area contributed by atoms with Crippen molar-refractivity contribution >= 4 is 5.95 Å². The van der Waals surface area contributed by atoms with Gasteiger partial charge in [-0.3, -0.25) is 0 Å². The summed E-state index contributed by atoms with van der Waals surface area (Å²) in [6, 6.07) is 2.17. The third kappa shape index (κ3) is 3.68. The number of aromatic nitrogens is 2. The number of nitrogens with zero attached hydrogens (tertiary/aromatic N) is 2. The molecular formula is C12H21N3O. The highest BCUT2D eigenvalue weighted by molar-refractivity contribution is 5.28. The van der Waals surface area contributed by atoms with Crippen molar-refractivity contribution in [1.29, 1.82) is 0 Å². The zero-order chi connectivity index (χ0) is 12.0. The summed E-state index contributed by atoms with van der Waals surface area (Å²) in [5.74, 6) is 1.83. The second-order valence-corrected chi connectivity index (χ2v) is 4.05. The molecule has 0 aliphatic rings. The van der Waals surface area contributed by atoms with Gasteiger partial charge in [-0.25, -0.2) is 4.98 Å². The van der Waals surface area contributed by atoms with Crippen LogP contribution in [0.15, 0.2) is 12.3 Å². The van der Waals surface area contributed by atoms with Gasteiger partial charge in [-0.2, -0.15) is 4.98 Å². The minimum absolute atomic E-state index is 0.400. The van der Waals surface area contributed by atoms with Crippen molar-refractivity contribution < 1.29 is 4.74 Å². The zero-order valence-corrected chi connectivity index (χ0v) is 10.5. The zero-order valence-electron chi connectivity index (χ0n) is 10.5. The fourth-order valence-electron chi connectivity index (χ4n) is 1.55. The monoisotopic (exact) mass is 223 g/mol. The van der Waals surface area contributed by atoms with Gasteiger partial charge in [0, 0.05) is 18.3 Å². The molecule has 4 nitrogen and oxygen atoms in total. The van der Waals surface area contributed by atoms with Crippen molar-refractivity contribution in [2.75, 3.05) is 11.9 Å². The van der Waals surface area contributed by atoms with Gasteiger partial charge in [-0.15, -0.1) is 0 Å². The first kappa shape index (κ1) is 12.7. The first-order chi connectivity index (χ1) is 7.67. The lowest BCUT2D eigenvalue weighted by atomic mass is 10.0. The molecule has 1 atom stereocenters. The van der Waals surface area contributed by atoms with Crippen LogP contribution in [-0.2, 0) is 0 Å². The molecule has 0 radical (unpaired) electrons. The van der Waals surface area contributed by atoms with E-state index in [2.05, 4.69) is 36.1 Å². The number of rotatable bonds is 6. The first-order valence-corrected chi connectivity index (χ1v) is 5.89. The Hall–Kier alpha value is -1.32. The molecule has 1 rings (SSSR count). The average molecular weight is 223 g/mol. The Morgan fingerprint density at radius 1 is 1.38 bits per heavy atom. The largest absolute Gasteiger partial charge is 0.478 e. The van der Waals surface area contributed by atoms with E-state index < -0.39 is 0 Å². The molecule has 0 amide bonds. The van der Waals surface area contributed by atoms with E-state index in [1.54, 1.807) is 12.3 Å². The minimum Gasteiger partial charge on any atom is -0.478 e. The van der Waals surface area contributed by atoms with Crippen LogP contribution in [0.25, 0.3) is 0 Å². The Labute approximate surface area is 97.5 Å². The highest BCUT2D eigenvalue weighted by Gasteiger charge is 2.12. The van der Waals surface area contributed by atoms with E-state index >= 15 is 0 Å². The molecule has 16 heavy (non-hydrogen) atoms. The van der Waals surface area contributed by atoms with Crippen LogP contribution in [0.3, 0.4) is 0 Å². The lowest BCUT2D eigenvalue weighted by Gasteiger charge is -2.20. The van der Waals surface area contributed by atoms with Crippen LogP contribution in [-0.4, -0.2) is 22.6 Å². The van der Waals surface area contributed by atoms with Crippen LogP contribution < -0.4 is 10.1 Å². The number of hydrogen-bond acceptors (Lipinski definition) is 4. The SMILES string of the molecule is CCOc1ccnc(NC(CC)C(C)C)n1. The molecule has 0 fully saturated rings. The normalized spacial score (nSPS) is 12.6. The third-order valence-corrected chi connectivity index (χ3v) is 2.48. The fraction of sp³-hybridized carbons (Fsp3) is 0.667. The van der Waals surface area contributed by atoms with Gasteiger partial charge < -0.3 is 10.1 Å². The van der Waals surface area contributed by atoms with Crippen molar-refractivity contribution in [3.8, 4) is 5.88 Å². The summed E-state index contributed by atoms with van der Waals surface area (Å²) >= 11 is 0. The molecule has 4 heteroatoms. The molecule has 1 N–H and O–H groups in total. The van der Waals surface area contributed by atoms with Gasteiger partial charge in [0.25, 0.3) is 0 Å². The number of hydrogen-bond donors (Lipinski definition) is 1. The molecule has 1 unspecified atom stereocenters. The number of ether oxygens (including phenoxy) is 1. The molecule has 0 aromatic carbocycles. The predicted octanol–water partition coefficient (Wildman–Crippen LogP) is 2.72. The molecule has 0 aliphatic carbocycles. The van der Waals surface area contributed by atoms with Crippen LogP contribution in [0.4, 0.5) is 5.95 Å². The molecule has 1 aromatic heterocycles. The molecule has 0 saturated carbocycles. The standard InChI is InChI=1S/C12H21N3O/c1-5-10(9(3)4)14-12-13-8-7-11(15-12)16-6-2/h7-10H,5-6H2,1-4H3,(H,13,14,15). The van der Waals surface area contributed by atoms with Crippen molar-refractivity contribution in [1.82, 2.24) is 9.97 Å². The molecule has 1 aromatic rings. The average Bonchev–Trinajstić information content (AvgIpc) is 2.26. The Morgan fingerprint density at radius 3 is 2.69 bits per heavy atom. The predicted molar refractivity (Wildman–Crippen MR) is 65.7 cm³/mol. The molecule has 0 bridgehead atoms. The maximum Gasteiger partial charge on any atom is 0.226 e. The van der Waals surface area contributed by atoms with E-state index in [-0.39, 0.29) is 0 Å². The van der Waals surface area contributed by atoms with Crippen LogP contribution in [0, 0.1) is 5.92 Å². The van der Waals surface area contributed by atoms with E-state index in [0.717, 1.165) is 6.42 Å². The Kier molecular flexibility index (Phi) is 5.02. The first-order valence-electron chi connectivity index (χ1n) is 5.89. The second kappa shape index (κ2) is 6.30. The van der Waals surface area contributed by atoms with Crippen LogP contribution in [0.2, 0.25) is 0 Å². The molecule has 1 heterocycles. The van der Waals surface area contributed by atoms with Gasteiger partial charge in [-0.05, 0) is 19.3 Å². The number of anilines is 1. The van der Waals surface area contributed by atoms with E-state index in [1.165, 1.54) is 0 Å². The van der Waals surface area contributed by atoms with Gasteiger partial charge in [0.2, 0.25) is 11.8 Å². The van der Waals surface area contributed by atoms with Crippen LogP contribution in [0.1, 0.15) is 34.1 Å². The summed E-state index contributed by atoms with van der Waals surface area (Å²) in [6.45, 7) is 9.10. The summed E-state index contributed by atoms with van der Waals surface area (Å²) in [5, 5.41) is 3.32. The topological polar surface area (TPSA) is 47.0 Å². The van der Waals surface area contributed by atoms with Crippen molar-refractivity contribution in [2.24, 2.45) is 5.92 Å². The van der Waals surface area contributed by atoms with E-state index in [1.807, 2.05) is 6.92 Å². The summed E-state index contributed by atoms with van der Waals surface area (Å²) in [4.78, 5) is 8.48. The molecule has 0 saturated heterocycles. The summed E-state index contributed by atoms with van der Waals surface area (Å²) in [5.41, 5.74) is 0. The quantitative estimate of drug-likeness (QED) is 0.805. The highest BCUT2D eigenvalue weighted by Crippen LogP contribution is 2.13. The van der Waals surface area contributed by atoms with Gasteiger partial charge in [0.15, 0.2) is 0 Å². The number of nitrogens with one attached hydrogen (secondary N) is 1. The summed E-state index contributed by atoms with van der Waals surface area (Å²) < 4.78 is 5.33. The highest BCUT2D eigenvalue weighted by atomic mass is 16.5. The Balaban J connectivity index is 2.68. The van der Waals surface area contributed by atoms with Gasteiger partial charge >= 0.3 is 0 Å². The van der Waals surface area contributed by atoms with Crippen molar-refractivity contribution in [3.63, 3.8) is 0 Å². The van der Waals surface area contributed by atoms with Gasteiger partial charge in [-0.1, -0.05) is 20.8 Å². The van der Waals surface area contributed by atoms with Gasteiger partial charge in [0.05, 0.1) is 6.61 Å². The van der Waals surface area contributed by atoms with Crippen LogP contribution >= 0.6 is 0 Å². The molecule has 0 aliphatic heterocycles. The maximum atomic E-state index is 5.33. The molecular weight excluding hydrogens is 202 g/mol. The maximum absolute atomic E-state index is 5.33. The third-order valence-electron chi connectivity index (χ3n) is 2.48. The lowest BCUT2D eigenvalue weighted by Crippen LogP contribution is -2.25. The summed E-state index contributed by atoms with van der Waals surface area (Å²) in [7, 11) is 0. The van der Waals surface area contributed by atoms with Crippen LogP contribution in [0.5, 0.6) is 5.88 Å².